The summed E-state index contributed by atoms with van der Waals surface area (Å²) in [6, 6.07) is 25.8. The number of fused-ring (bicyclic) bond motifs is 3. The van der Waals surface area contributed by atoms with Gasteiger partial charge in [0.25, 0.3) is 0 Å². The first-order valence-electron chi connectivity index (χ1n) is 11.4. The molecule has 1 amide bonds. The number of para-hydroxylation sites is 1. The molecule has 2 aromatic heterocycles. The van der Waals surface area contributed by atoms with E-state index in [-0.39, 0.29) is 11.2 Å². The number of anilines is 1. The highest BCUT2D eigenvalue weighted by Crippen LogP contribution is 2.30. The normalized spacial score (nSPS) is 12.2. The summed E-state index contributed by atoms with van der Waals surface area (Å²) >= 11 is 1.41. The summed E-state index contributed by atoms with van der Waals surface area (Å²) in [6.45, 7) is 4.12. The Morgan fingerprint density at radius 1 is 0.941 bits per heavy atom. The fourth-order valence-electron chi connectivity index (χ4n) is 3.81. The van der Waals surface area contributed by atoms with Crippen LogP contribution >= 0.6 is 11.8 Å². The van der Waals surface area contributed by atoms with Crippen LogP contribution in [0.15, 0.2) is 84.0 Å². The minimum atomic E-state index is -0.327. The molecule has 5 rings (SSSR count). The van der Waals surface area contributed by atoms with Gasteiger partial charge in [-0.05, 0) is 42.7 Å². The molecule has 0 unspecified atom stereocenters. The van der Waals surface area contributed by atoms with Crippen LogP contribution in [0.2, 0.25) is 0 Å². The minimum absolute atomic E-state index is 0.0525. The van der Waals surface area contributed by atoms with Crippen LogP contribution in [0.3, 0.4) is 0 Å². The lowest BCUT2D eigenvalue weighted by molar-refractivity contribution is -0.115. The molecule has 0 saturated carbocycles. The Morgan fingerprint density at radius 3 is 2.41 bits per heavy atom. The molecule has 3 aromatic carbocycles. The summed E-state index contributed by atoms with van der Waals surface area (Å²) in [4.78, 5) is 22.8. The third kappa shape index (κ3) is 4.39. The molecule has 0 saturated heterocycles. The van der Waals surface area contributed by atoms with Gasteiger partial charge in [-0.2, -0.15) is 4.52 Å². The lowest BCUT2D eigenvalue weighted by atomic mass is 10.1. The maximum absolute atomic E-state index is 13.1. The van der Waals surface area contributed by atoms with Gasteiger partial charge in [-0.15, -0.1) is 5.10 Å². The third-order valence-electron chi connectivity index (χ3n) is 5.72. The van der Waals surface area contributed by atoms with Crippen LogP contribution in [-0.4, -0.2) is 30.7 Å². The summed E-state index contributed by atoms with van der Waals surface area (Å²) in [7, 11) is 0. The lowest BCUT2D eigenvalue weighted by Crippen LogP contribution is -2.25. The largest absolute Gasteiger partial charge is 0.325 e. The molecule has 7 heteroatoms. The van der Waals surface area contributed by atoms with E-state index in [4.69, 9.17) is 15.1 Å². The Hall–Kier alpha value is -3.71. The Bertz CT molecular complexity index is 1450. The number of amides is 1. The number of aryl methyl sites for hydroxylation is 1. The van der Waals surface area contributed by atoms with E-state index in [0.29, 0.717) is 17.4 Å². The average Bonchev–Trinajstić information content (AvgIpc) is 3.34. The average molecular weight is 468 g/mol. The number of aromatic nitrogens is 4. The monoisotopic (exact) mass is 467 g/mol. The van der Waals surface area contributed by atoms with Gasteiger partial charge in [0.2, 0.25) is 5.91 Å². The fourth-order valence-corrected chi connectivity index (χ4v) is 4.78. The fraction of sp³-hybridized carbons (Fsp3) is 0.185. The number of benzene rings is 3. The van der Waals surface area contributed by atoms with Gasteiger partial charge in [-0.25, -0.2) is 9.97 Å². The number of hydrogen-bond donors (Lipinski definition) is 1. The van der Waals surface area contributed by atoms with Crippen molar-refractivity contribution >= 4 is 39.9 Å². The molecule has 0 spiro atoms. The Kier molecular flexibility index (Phi) is 6.27. The number of carbonyl (C=O) groups excluding carboxylic acids is 1. The summed E-state index contributed by atoms with van der Waals surface area (Å²) in [6.07, 6.45) is 1.62. The molecule has 5 aromatic rings. The molecule has 0 aliphatic heterocycles. The number of nitrogens with zero attached hydrogens (tertiary/aromatic N) is 4. The second-order valence-electron chi connectivity index (χ2n) is 8.00. The van der Waals surface area contributed by atoms with Crippen LogP contribution in [0.4, 0.5) is 5.69 Å². The van der Waals surface area contributed by atoms with Crippen LogP contribution in [0.5, 0.6) is 0 Å². The van der Waals surface area contributed by atoms with Crippen molar-refractivity contribution in [3.63, 3.8) is 0 Å². The second kappa shape index (κ2) is 9.65. The van der Waals surface area contributed by atoms with Crippen LogP contribution < -0.4 is 5.32 Å². The molecule has 6 nitrogen and oxygen atoms in total. The second-order valence-corrected chi connectivity index (χ2v) is 9.17. The topological polar surface area (TPSA) is 72.2 Å². The molecule has 34 heavy (non-hydrogen) atoms. The summed E-state index contributed by atoms with van der Waals surface area (Å²) in [5.74, 6) is 0.581. The van der Waals surface area contributed by atoms with E-state index in [1.807, 2.05) is 85.8 Å². The third-order valence-corrected chi connectivity index (χ3v) is 7.03. The molecule has 1 N–H and O–H groups in total. The van der Waals surface area contributed by atoms with E-state index < -0.39 is 0 Å². The smallest absolute Gasteiger partial charge is 0.237 e. The van der Waals surface area contributed by atoms with Gasteiger partial charge in [0.1, 0.15) is 0 Å². The van der Waals surface area contributed by atoms with Crippen molar-refractivity contribution < 1.29 is 4.79 Å². The maximum atomic E-state index is 13.1. The van der Waals surface area contributed by atoms with E-state index >= 15 is 0 Å². The van der Waals surface area contributed by atoms with Crippen molar-refractivity contribution in [3.05, 3.63) is 84.4 Å². The molecule has 2 heterocycles. The van der Waals surface area contributed by atoms with Gasteiger partial charge in [-0.1, -0.05) is 80.2 Å². The molecule has 0 radical (unpaired) electrons. The van der Waals surface area contributed by atoms with Crippen LogP contribution in [0.1, 0.15) is 25.8 Å². The SMILES string of the molecule is CCc1ccc(NC(=O)[C@@H](CC)Sc2nc3ccccc3c3nc(-c4ccccc4)nn23)cc1. The van der Waals surface area contributed by atoms with Crippen molar-refractivity contribution in [2.75, 3.05) is 5.32 Å². The Balaban J connectivity index is 1.50. The van der Waals surface area contributed by atoms with E-state index in [1.165, 1.54) is 17.3 Å². The standard InChI is InChI=1S/C27H25N5OS/c1-3-18-14-16-20(17-15-18)28-26(33)23(4-2)34-27-29-22-13-9-8-12-21(22)25-30-24(31-32(25)27)19-10-6-5-7-11-19/h5-17,23H,3-4H2,1-2H3,(H,28,33)/t23-/m1/s1. The minimum Gasteiger partial charge on any atom is -0.325 e. The highest BCUT2D eigenvalue weighted by molar-refractivity contribution is 8.00. The Morgan fingerprint density at radius 2 is 1.68 bits per heavy atom. The Labute approximate surface area is 202 Å². The molecule has 0 bridgehead atoms. The van der Waals surface area contributed by atoms with E-state index in [0.717, 1.165) is 34.2 Å². The maximum Gasteiger partial charge on any atom is 0.237 e. The summed E-state index contributed by atoms with van der Waals surface area (Å²) in [5, 5.41) is 9.07. The molecule has 1 atom stereocenters. The highest BCUT2D eigenvalue weighted by Gasteiger charge is 2.23. The van der Waals surface area contributed by atoms with Crippen molar-refractivity contribution in [2.45, 2.75) is 37.1 Å². The van der Waals surface area contributed by atoms with Crippen molar-refractivity contribution in [1.82, 2.24) is 19.6 Å². The highest BCUT2D eigenvalue weighted by atomic mass is 32.2. The zero-order chi connectivity index (χ0) is 23.5. The lowest BCUT2D eigenvalue weighted by Gasteiger charge is -2.15. The van der Waals surface area contributed by atoms with Crippen molar-refractivity contribution in [2.24, 2.45) is 0 Å². The van der Waals surface area contributed by atoms with Gasteiger partial charge in [0, 0.05) is 16.6 Å². The predicted molar refractivity (Wildman–Crippen MR) is 138 cm³/mol. The number of rotatable bonds is 7. The molecule has 0 aliphatic carbocycles. The molecular weight excluding hydrogens is 442 g/mol. The first-order chi connectivity index (χ1) is 16.7. The first-order valence-corrected chi connectivity index (χ1v) is 12.3. The van der Waals surface area contributed by atoms with Gasteiger partial charge in [0.15, 0.2) is 16.6 Å². The number of nitrogens with one attached hydrogen (secondary N) is 1. The van der Waals surface area contributed by atoms with Crippen LogP contribution in [-0.2, 0) is 11.2 Å². The van der Waals surface area contributed by atoms with E-state index in [1.54, 1.807) is 4.52 Å². The quantitative estimate of drug-likeness (QED) is 0.234. The van der Waals surface area contributed by atoms with Crippen molar-refractivity contribution in [3.8, 4) is 11.4 Å². The zero-order valence-electron chi connectivity index (χ0n) is 19.1. The first kappa shape index (κ1) is 22.1. The van der Waals surface area contributed by atoms with Crippen LogP contribution in [0.25, 0.3) is 27.9 Å². The van der Waals surface area contributed by atoms with Crippen LogP contribution in [0, 0.1) is 0 Å². The van der Waals surface area contributed by atoms with Gasteiger partial charge in [0.05, 0.1) is 10.8 Å². The molecule has 0 fully saturated rings. The molecule has 170 valence electrons. The molecular formula is C27H25N5OS. The molecule has 0 aliphatic rings. The predicted octanol–water partition coefficient (Wildman–Crippen LogP) is 6.02. The number of hydrogen-bond acceptors (Lipinski definition) is 5. The zero-order valence-corrected chi connectivity index (χ0v) is 19.9. The van der Waals surface area contributed by atoms with E-state index in [9.17, 15) is 4.79 Å². The van der Waals surface area contributed by atoms with E-state index in [2.05, 4.69) is 12.2 Å². The van der Waals surface area contributed by atoms with Gasteiger partial charge < -0.3 is 5.32 Å². The number of carbonyl (C=O) groups is 1. The van der Waals surface area contributed by atoms with Gasteiger partial charge >= 0.3 is 0 Å². The summed E-state index contributed by atoms with van der Waals surface area (Å²) < 4.78 is 1.77. The van der Waals surface area contributed by atoms with Gasteiger partial charge in [-0.3, -0.25) is 4.79 Å². The number of thioether (sulfide) groups is 1. The van der Waals surface area contributed by atoms with Crippen molar-refractivity contribution in [1.29, 1.82) is 0 Å². The summed E-state index contributed by atoms with van der Waals surface area (Å²) in [5.41, 5.74) is 4.53.